The van der Waals surface area contributed by atoms with Gasteiger partial charge in [0.2, 0.25) is 5.91 Å². The number of aromatic nitrogens is 4. The molecule has 2 aromatic carbocycles. The summed E-state index contributed by atoms with van der Waals surface area (Å²) in [4.78, 5) is 27.8. The number of carbonyl (C=O) groups is 1. The molecule has 0 atom stereocenters. The van der Waals surface area contributed by atoms with E-state index in [0.29, 0.717) is 39.6 Å². The van der Waals surface area contributed by atoms with E-state index in [-0.39, 0.29) is 55.3 Å². The molecule has 0 unspecified atom stereocenters. The van der Waals surface area contributed by atoms with Crippen LogP contribution in [-0.2, 0) is 4.79 Å². The van der Waals surface area contributed by atoms with Crippen LogP contribution in [-0.4, -0.2) is 67.9 Å². The predicted molar refractivity (Wildman–Crippen MR) is 156 cm³/mol. The van der Waals surface area contributed by atoms with Gasteiger partial charge in [-0.25, -0.2) is 19.9 Å². The van der Waals surface area contributed by atoms with Gasteiger partial charge in [0, 0.05) is 43.4 Å². The molecule has 1 amide bonds. The van der Waals surface area contributed by atoms with Crippen LogP contribution in [0.2, 0.25) is 0 Å². The maximum absolute atomic E-state index is 9.22. The minimum atomic E-state index is -0.333. The van der Waals surface area contributed by atoms with E-state index in [1.54, 1.807) is 46.9 Å². The van der Waals surface area contributed by atoms with E-state index in [0.717, 1.165) is 23.3 Å². The molecule has 4 rings (SSSR count). The minimum absolute atomic E-state index is 0. The van der Waals surface area contributed by atoms with Gasteiger partial charge in [0.25, 0.3) is 0 Å². The molecule has 13 nitrogen and oxygen atoms in total. The fraction of sp³-hybridized carbons (Fsp3) is 0.321. The van der Waals surface area contributed by atoms with Crippen LogP contribution in [0.3, 0.4) is 0 Å². The Hall–Kier alpha value is -4.14. The summed E-state index contributed by atoms with van der Waals surface area (Å²) in [5, 5.41) is 16.8. The predicted octanol–water partition coefficient (Wildman–Crippen LogP) is -2.15. The van der Waals surface area contributed by atoms with Crippen molar-refractivity contribution in [2.45, 2.75) is 21.3 Å². The van der Waals surface area contributed by atoms with E-state index in [2.05, 4.69) is 37.5 Å². The molecule has 0 aliphatic rings. The molecule has 0 fully saturated rings. The van der Waals surface area contributed by atoms with Crippen molar-refractivity contribution in [3.05, 3.63) is 49.2 Å². The van der Waals surface area contributed by atoms with E-state index < -0.39 is 0 Å². The Kier molecular flexibility index (Phi) is 22.6. The maximum Gasteiger partial charge on any atom is 1.00 e. The van der Waals surface area contributed by atoms with Gasteiger partial charge in [-0.15, -0.1) is 0 Å². The number of hydrogen-bond acceptors (Lipinski definition) is 12. The number of fused-ring (bicyclic) bond motifs is 2. The second-order valence-corrected chi connectivity index (χ2v) is 7.60. The molecule has 43 heavy (non-hydrogen) atoms. The number of methoxy groups -OCH3 is 4. The summed E-state index contributed by atoms with van der Waals surface area (Å²) >= 11 is 0. The Morgan fingerprint density at radius 2 is 1.23 bits per heavy atom. The van der Waals surface area contributed by atoms with Gasteiger partial charge in [0.15, 0.2) is 28.7 Å². The SMILES string of the molecule is C.CC(N)=O.CCN(C)c1ncnc2cc(OC)c(OC)cc12.COc1cc2ncnc(C#N)c2cc1OC.[C-]#N.[Cl-].[Na+]. The van der Waals surface area contributed by atoms with Gasteiger partial charge in [0.05, 0.1) is 39.5 Å². The first-order valence-electron chi connectivity index (χ1n) is 11.6. The third kappa shape index (κ3) is 11.9. The molecular weight excluding hydrogens is 587 g/mol. The Balaban J connectivity index is -0.000000596. The van der Waals surface area contributed by atoms with Crippen molar-refractivity contribution in [2.24, 2.45) is 5.73 Å². The summed E-state index contributed by atoms with van der Waals surface area (Å²) in [5.74, 6) is 3.06. The van der Waals surface area contributed by atoms with Crippen LogP contribution in [0.1, 0.15) is 27.0 Å². The molecule has 2 aromatic heterocycles. The number of primary amides is 1. The number of benzene rings is 2. The topological polar surface area (TPSA) is 182 Å². The maximum atomic E-state index is 9.22. The number of hydrogen-bond donors (Lipinski definition) is 1. The molecule has 0 spiro atoms. The van der Waals surface area contributed by atoms with Gasteiger partial charge in [-0.1, -0.05) is 7.43 Å². The van der Waals surface area contributed by atoms with Crippen molar-refractivity contribution < 1.29 is 65.7 Å². The molecule has 2 heterocycles. The van der Waals surface area contributed by atoms with Crippen molar-refractivity contribution >= 4 is 33.5 Å². The largest absolute Gasteiger partial charge is 1.00 e. The number of carbonyl (C=O) groups excluding carboxylic acids is 1. The number of rotatable bonds is 6. The molecule has 2 N–H and O–H groups in total. The van der Waals surface area contributed by atoms with E-state index >= 15 is 0 Å². The first kappa shape index (κ1) is 43.3. The zero-order chi connectivity index (χ0) is 30.2. The zero-order valence-electron chi connectivity index (χ0n) is 24.8. The summed E-state index contributed by atoms with van der Waals surface area (Å²) in [6.45, 7) is 9.01. The smallest absolute Gasteiger partial charge is 1.00 e. The van der Waals surface area contributed by atoms with E-state index in [4.69, 9.17) is 36.0 Å². The van der Waals surface area contributed by atoms with Crippen molar-refractivity contribution in [3.63, 3.8) is 0 Å². The number of halogens is 1. The fourth-order valence-electron chi connectivity index (χ4n) is 3.30. The summed E-state index contributed by atoms with van der Waals surface area (Å²) < 4.78 is 20.9. The zero-order valence-corrected chi connectivity index (χ0v) is 27.6. The van der Waals surface area contributed by atoms with Gasteiger partial charge in [-0.2, -0.15) is 5.26 Å². The van der Waals surface area contributed by atoms with Gasteiger partial charge in [0.1, 0.15) is 24.5 Å². The molecule has 226 valence electrons. The molecule has 0 aliphatic carbocycles. The number of anilines is 1. The van der Waals surface area contributed by atoms with Crippen LogP contribution in [0, 0.1) is 23.2 Å². The first-order valence-corrected chi connectivity index (χ1v) is 11.6. The molecule has 0 saturated carbocycles. The third-order valence-electron chi connectivity index (χ3n) is 5.20. The Labute approximate surface area is 280 Å². The molecule has 4 aromatic rings. The van der Waals surface area contributed by atoms with Crippen molar-refractivity contribution in [1.82, 2.24) is 19.9 Å². The molecule has 0 radical (unpaired) electrons. The Morgan fingerprint density at radius 3 is 1.63 bits per heavy atom. The Bertz CT molecular complexity index is 1500. The number of ether oxygens (including phenoxy) is 4. The summed E-state index contributed by atoms with van der Waals surface area (Å²) in [7, 11) is 8.33. The van der Waals surface area contributed by atoms with Crippen LogP contribution >= 0.6 is 0 Å². The molecule has 0 bridgehead atoms. The standard InChI is InChI=1S/C13H17N3O2.C11H9N3O2.C2H5NO.CN.CH4.ClH.Na/c1-5-16(2)13-9-6-11(17-3)12(18-4)7-10(9)14-8-15-13;1-15-10-3-7-8(4-11(10)16-2)13-6-14-9(7)5-12;1-2(3)4;1-2;;;/h6-8H,5H2,1-4H3;3-4,6H,1-2H3;1H3,(H2,3,4);;1H4;1H;/q;;;-1;;;+1/p-1. The van der Waals surface area contributed by atoms with Crippen molar-refractivity contribution in [3.8, 4) is 29.1 Å². The fourth-order valence-corrected chi connectivity index (χ4v) is 3.30. The number of nitrogens with zero attached hydrogens (tertiary/aromatic N) is 7. The van der Waals surface area contributed by atoms with E-state index in [9.17, 15) is 4.79 Å². The molecule has 0 aliphatic heterocycles. The van der Waals surface area contributed by atoms with Gasteiger partial charge in [-0.3, -0.25) is 4.79 Å². The quantitative estimate of drug-likeness (QED) is 0.182. The van der Waals surface area contributed by atoms with Crippen molar-refractivity contribution in [1.29, 1.82) is 10.5 Å². The summed E-state index contributed by atoms with van der Waals surface area (Å²) in [5.41, 5.74) is 6.30. The monoisotopic (exact) mass is 621 g/mol. The van der Waals surface area contributed by atoms with E-state index in [1.165, 1.54) is 13.3 Å². The first-order chi connectivity index (χ1) is 19.2. The van der Waals surface area contributed by atoms with Crippen LogP contribution < -0.4 is 71.5 Å². The van der Waals surface area contributed by atoms with Gasteiger partial charge >= 0.3 is 29.6 Å². The average molecular weight is 622 g/mol. The van der Waals surface area contributed by atoms with Crippen LogP contribution in [0.25, 0.3) is 21.8 Å². The average Bonchev–Trinajstić information content (AvgIpc) is 2.99. The number of amides is 1. The second kappa shape index (κ2) is 22.5. The summed E-state index contributed by atoms with van der Waals surface area (Å²) in [6, 6.07) is 9.21. The third-order valence-corrected chi connectivity index (χ3v) is 5.20. The van der Waals surface area contributed by atoms with Crippen LogP contribution in [0.4, 0.5) is 5.82 Å². The normalized spacial score (nSPS) is 8.65. The van der Waals surface area contributed by atoms with Gasteiger partial charge in [-0.05, 0) is 19.1 Å². The summed E-state index contributed by atoms with van der Waals surface area (Å²) in [6.07, 6.45) is 2.92. The second-order valence-electron chi connectivity index (χ2n) is 7.60. The number of nitrogens with two attached hydrogens (primary N) is 1. The Morgan fingerprint density at radius 1 is 0.860 bits per heavy atom. The van der Waals surface area contributed by atoms with E-state index in [1.807, 2.05) is 25.2 Å². The van der Waals surface area contributed by atoms with Gasteiger partial charge < -0.3 is 53.8 Å². The molecule has 15 heteroatoms. The number of nitriles is 1. The molecular formula is C28H35ClN8NaO5-. The van der Waals surface area contributed by atoms with Crippen LogP contribution in [0.15, 0.2) is 36.9 Å². The van der Waals surface area contributed by atoms with Crippen molar-refractivity contribution in [2.75, 3.05) is 46.9 Å². The molecule has 0 saturated heterocycles. The van der Waals surface area contributed by atoms with Crippen LogP contribution in [0.5, 0.6) is 23.0 Å². The minimum Gasteiger partial charge on any atom is -1.00 e.